The van der Waals surface area contributed by atoms with Gasteiger partial charge in [0.15, 0.2) is 0 Å². The molecule has 66 valence electrons. The molecule has 3 heteroatoms. The lowest BCUT2D eigenvalue weighted by molar-refractivity contribution is 0.968. The van der Waals surface area contributed by atoms with E-state index < -0.39 is 0 Å². The number of aromatic nitrogens is 1. The zero-order valence-electron chi connectivity index (χ0n) is 7.32. The van der Waals surface area contributed by atoms with Crippen molar-refractivity contribution in [3.63, 3.8) is 0 Å². The molecule has 0 radical (unpaired) electrons. The van der Waals surface area contributed by atoms with Crippen LogP contribution in [-0.4, -0.2) is 9.56 Å². The summed E-state index contributed by atoms with van der Waals surface area (Å²) >= 11 is 4.98. The number of nitrogens with two attached hydrogens (primary N) is 1. The van der Waals surface area contributed by atoms with E-state index in [0.29, 0.717) is 4.99 Å². The average Bonchev–Trinajstić information content (AvgIpc) is 2.48. The van der Waals surface area contributed by atoms with Crippen LogP contribution in [0.3, 0.4) is 0 Å². The number of para-hydroxylation sites is 1. The minimum absolute atomic E-state index is 0.451. The maximum Gasteiger partial charge on any atom is 0.106 e. The number of thiocarbonyl (C=S) groups is 1. The van der Waals surface area contributed by atoms with Gasteiger partial charge in [-0.15, -0.1) is 0 Å². The third-order valence-corrected chi connectivity index (χ3v) is 2.38. The molecule has 0 aliphatic heterocycles. The van der Waals surface area contributed by atoms with Crippen molar-refractivity contribution in [2.24, 2.45) is 12.8 Å². The number of benzene rings is 1. The Balaban J connectivity index is 2.88. The van der Waals surface area contributed by atoms with Crippen LogP contribution < -0.4 is 5.73 Å². The molecule has 1 aromatic heterocycles. The van der Waals surface area contributed by atoms with E-state index in [1.807, 2.05) is 29.9 Å². The number of fused-ring (bicyclic) bond motifs is 1. The van der Waals surface area contributed by atoms with Gasteiger partial charge in [-0.3, -0.25) is 0 Å². The Morgan fingerprint density at radius 3 is 2.85 bits per heavy atom. The maximum atomic E-state index is 5.63. The highest BCUT2D eigenvalue weighted by molar-refractivity contribution is 7.80. The molecular formula is C10H10N2S. The van der Waals surface area contributed by atoms with Crippen LogP contribution in [0.25, 0.3) is 10.9 Å². The van der Waals surface area contributed by atoms with Crippen LogP contribution in [0.2, 0.25) is 0 Å². The van der Waals surface area contributed by atoms with Crippen LogP contribution in [-0.2, 0) is 7.05 Å². The van der Waals surface area contributed by atoms with Gasteiger partial charge in [0.1, 0.15) is 4.99 Å². The minimum atomic E-state index is 0.451. The van der Waals surface area contributed by atoms with Gasteiger partial charge in [-0.1, -0.05) is 24.4 Å². The Morgan fingerprint density at radius 1 is 1.38 bits per heavy atom. The first-order chi connectivity index (χ1) is 6.20. The first-order valence-electron chi connectivity index (χ1n) is 4.04. The van der Waals surface area contributed by atoms with E-state index in [-0.39, 0.29) is 0 Å². The predicted octanol–water partition coefficient (Wildman–Crippen LogP) is 1.81. The van der Waals surface area contributed by atoms with Crippen LogP contribution >= 0.6 is 12.2 Å². The van der Waals surface area contributed by atoms with Crippen molar-refractivity contribution in [1.82, 2.24) is 4.57 Å². The summed E-state index contributed by atoms with van der Waals surface area (Å²) in [5.74, 6) is 0. The second-order valence-electron chi connectivity index (χ2n) is 3.03. The summed E-state index contributed by atoms with van der Waals surface area (Å²) in [6, 6.07) is 8.02. The minimum Gasteiger partial charge on any atom is -0.389 e. The van der Waals surface area contributed by atoms with Crippen LogP contribution in [0.5, 0.6) is 0 Å². The second-order valence-corrected chi connectivity index (χ2v) is 3.47. The maximum absolute atomic E-state index is 5.63. The number of nitrogens with zero attached hydrogens (tertiary/aromatic N) is 1. The van der Waals surface area contributed by atoms with Crippen LogP contribution in [0.4, 0.5) is 0 Å². The molecule has 0 aliphatic rings. The highest BCUT2D eigenvalue weighted by Crippen LogP contribution is 2.18. The zero-order chi connectivity index (χ0) is 9.42. The highest BCUT2D eigenvalue weighted by atomic mass is 32.1. The molecule has 2 N–H and O–H groups in total. The number of hydrogen-bond acceptors (Lipinski definition) is 1. The Morgan fingerprint density at radius 2 is 2.15 bits per heavy atom. The average molecular weight is 190 g/mol. The zero-order valence-corrected chi connectivity index (χ0v) is 8.14. The second kappa shape index (κ2) is 2.85. The van der Waals surface area contributed by atoms with Crippen molar-refractivity contribution < 1.29 is 0 Å². The van der Waals surface area contributed by atoms with E-state index in [2.05, 4.69) is 12.1 Å². The van der Waals surface area contributed by atoms with Gasteiger partial charge in [0.05, 0.1) is 5.52 Å². The van der Waals surface area contributed by atoms with E-state index in [0.717, 1.165) is 11.1 Å². The largest absolute Gasteiger partial charge is 0.389 e. The van der Waals surface area contributed by atoms with Gasteiger partial charge >= 0.3 is 0 Å². The lowest BCUT2D eigenvalue weighted by Gasteiger charge is -2.03. The van der Waals surface area contributed by atoms with Gasteiger partial charge in [0.25, 0.3) is 0 Å². The van der Waals surface area contributed by atoms with Gasteiger partial charge in [-0.25, -0.2) is 0 Å². The molecule has 0 fully saturated rings. The van der Waals surface area contributed by atoms with E-state index in [9.17, 15) is 0 Å². The van der Waals surface area contributed by atoms with Crippen LogP contribution in [0.15, 0.2) is 30.5 Å². The van der Waals surface area contributed by atoms with E-state index in [4.69, 9.17) is 18.0 Å². The van der Waals surface area contributed by atoms with Crippen molar-refractivity contribution >= 4 is 28.1 Å². The predicted molar refractivity (Wildman–Crippen MR) is 58.8 cm³/mol. The monoisotopic (exact) mass is 190 g/mol. The summed E-state index contributed by atoms with van der Waals surface area (Å²) in [6.07, 6.45) is 2.01. The highest BCUT2D eigenvalue weighted by Gasteiger charge is 2.05. The van der Waals surface area contributed by atoms with E-state index in [1.54, 1.807) is 0 Å². The first kappa shape index (κ1) is 8.26. The summed E-state index contributed by atoms with van der Waals surface area (Å²) in [6.45, 7) is 0. The number of rotatable bonds is 1. The molecule has 2 nitrogen and oxygen atoms in total. The van der Waals surface area contributed by atoms with Crippen LogP contribution in [0, 0.1) is 0 Å². The molecule has 1 aromatic carbocycles. The van der Waals surface area contributed by atoms with Crippen molar-refractivity contribution in [1.29, 1.82) is 0 Å². The smallest absolute Gasteiger partial charge is 0.106 e. The quantitative estimate of drug-likeness (QED) is 0.695. The Bertz CT molecular complexity index is 471. The number of aryl methyl sites for hydroxylation is 1. The lowest BCUT2D eigenvalue weighted by atomic mass is 10.1. The fraction of sp³-hybridized carbons (Fsp3) is 0.100. The molecule has 2 aromatic rings. The molecule has 0 spiro atoms. The fourth-order valence-electron chi connectivity index (χ4n) is 1.55. The summed E-state index contributed by atoms with van der Waals surface area (Å²) in [5, 5.41) is 1.17. The first-order valence-corrected chi connectivity index (χ1v) is 4.45. The van der Waals surface area contributed by atoms with Crippen molar-refractivity contribution in [2.45, 2.75) is 0 Å². The Hall–Kier alpha value is -1.35. The molecule has 0 unspecified atom stereocenters. The molecule has 0 saturated carbocycles. The lowest BCUT2D eigenvalue weighted by Crippen LogP contribution is -2.10. The third kappa shape index (κ3) is 1.21. The fourth-order valence-corrected chi connectivity index (χ4v) is 1.72. The van der Waals surface area contributed by atoms with E-state index >= 15 is 0 Å². The molecule has 1 heterocycles. The molecule has 0 amide bonds. The molecular weight excluding hydrogens is 180 g/mol. The van der Waals surface area contributed by atoms with E-state index in [1.165, 1.54) is 5.39 Å². The molecule has 13 heavy (non-hydrogen) atoms. The van der Waals surface area contributed by atoms with Gasteiger partial charge in [0, 0.05) is 24.2 Å². The Kier molecular flexibility index (Phi) is 1.81. The summed E-state index contributed by atoms with van der Waals surface area (Å²) in [5.41, 5.74) is 7.68. The normalized spacial score (nSPS) is 10.5. The van der Waals surface area contributed by atoms with Gasteiger partial charge < -0.3 is 10.3 Å². The van der Waals surface area contributed by atoms with Crippen molar-refractivity contribution in [3.8, 4) is 0 Å². The van der Waals surface area contributed by atoms with Crippen molar-refractivity contribution in [3.05, 3.63) is 36.0 Å². The summed E-state index contributed by atoms with van der Waals surface area (Å²) in [4.78, 5) is 0.451. The van der Waals surface area contributed by atoms with Crippen molar-refractivity contribution in [2.75, 3.05) is 0 Å². The molecule has 0 bridgehead atoms. The topological polar surface area (TPSA) is 30.9 Å². The molecule has 0 aliphatic carbocycles. The standard InChI is InChI=1S/C10H10N2S/c1-12-6-5-7-3-2-4-8(9(7)12)10(11)13/h2-6H,1H3,(H2,11,13). The molecule has 0 saturated heterocycles. The van der Waals surface area contributed by atoms with Gasteiger partial charge in [-0.2, -0.15) is 0 Å². The summed E-state index contributed by atoms with van der Waals surface area (Å²) < 4.78 is 2.03. The summed E-state index contributed by atoms with van der Waals surface area (Å²) in [7, 11) is 1.99. The Labute approximate surface area is 82.0 Å². The SMILES string of the molecule is Cn1ccc2cccc(C(N)=S)c21. The molecule has 2 rings (SSSR count). The van der Waals surface area contributed by atoms with Gasteiger partial charge in [0.2, 0.25) is 0 Å². The molecule has 0 atom stereocenters. The third-order valence-electron chi connectivity index (χ3n) is 2.16. The van der Waals surface area contributed by atoms with Crippen LogP contribution in [0.1, 0.15) is 5.56 Å². The van der Waals surface area contributed by atoms with Gasteiger partial charge in [-0.05, 0) is 12.1 Å². The number of hydrogen-bond donors (Lipinski definition) is 1.